The fourth-order valence-corrected chi connectivity index (χ4v) is 1.67. The van der Waals surface area contributed by atoms with Crippen molar-refractivity contribution in [1.29, 1.82) is 0 Å². The number of hydrogen-bond acceptors (Lipinski definition) is 3. The molecule has 0 aliphatic carbocycles. The normalized spacial score (nSPS) is 9.93. The van der Waals surface area contributed by atoms with Gasteiger partial charge in [0.2, 0.25) is 0 Å². The SMILES string of the molecule is CCNc1cc(C)c([N+](=O)[O-])cc1Br. The number of rotatable bonds is 3. The quantitative estimate of drug-likeness (QED) is 0.670. The van der Waals surface area contributed by atoms with Gasteiger partial charge < -0.3 is 5.32 Å². The Labute approximate surface area is 90.6 Å². The van der Waals surface area contributed by atoms with E-state index in [0.29, 0.717) is 5.56 Å². The van der Waals surface area contributed by atoms with E-state index in [9.17, 15) is 10.1 Å². The first-order valence-corrected chi connectivity index (χ1v) is 5.04. The maximum atomic E-state index is 10.6. The van der Waals surface area contributed by atoms with E-state index in [1.54, 1.807) is 13.0 Å². The van der Waals surface area contributed by atoms with E-state index in [-0.39, 0.29) is 10.6 Å². The third-order valence-electron chi connectivity index (χ3n) is 1.85. The molecule has 0 amide bonds. The number of nitro benzene ring substituents is 1. The Hall–Kier alpha value is -1.10. The molecule has 0 aliphatic rings. The van der Waals surface area contributed by atoms with Crippen molar-refractivity contribution in [1.82, 2.24) is 0 Å². The van der Waals surface area contributed by atoms with Crippen molar-refractivity contribution in [2.75, 3.05) is 11.9 Å². The first kappa shape index (κ1) is 11.0. The highest BCUT2D eigenvalue weighted by Crippen LogP contribution is 2.30. The van der Waals surface area contributed by atoms with E-state index in [1.165, 1.54) is 6.07 Å². The molecule has 0 saturated heterocycles. The molecule has 1 aromatic rings. The molecule has 0 radical (unpaired) electrons. The average molecular weight is 259 g/mol. The molecule has 0 aromatic heterocycles. The lowest BCUT2D eigenvalue weighted by Gasteiger charge is -2.07. The molecule has 0 aliphatic heterocycles. The monoisotopic (exact) mass is 258 g/mol. The van der Waals surface area contributed by atoms with Crippen molar-refractivity contribution in [3.05, 3.63) is 32.3 Å². The van der Waals surface area contributed by atoms with Crippen molar-refractivity contribution in [2.24, 2.45) is 0 Å². The van der Waals surface area contributed by atoms with E-state index in [2.05, 4.69) is 21.2 Å². The Morgan fingerprint density at radius 1 is 1.57 bits per heavy atom. The van der Waals surface area contributed by atoms with Crippen molar-refractivity contribution >= 4 is 27.3 Å². The molecule has 0 atom stereocenters. The molecular formula is C9H11BrN2O2. The molecule has 0 heterocycles. The van der Waals surface area contributed by atoms with Crippen molar-refractivity contribution in [3.8, 4) is 0 Å². The average Bonchev–Trinajstić information content (AvgIpc) is 2.10. The Balaban J connectivity index is 3.17. The number of anilines is 1. The smallest absolute Gasteiger partial charge is 0.273 e. The summed E-state index contributed by atoms with van der Waals surface area (Å²) >= 11 is 3.28. The molecule has 0 bridgehead atoms. The van der Waals surface area contributed by atoms with Gasteiger partial charge in [0.25, 0.3) is 5.69 Å². The molecule has 0 saturated carbocycles. The predicted molar refractivity (Wildman–Crippen MR) is 59.7 cm³/mol. The highest BCUT2D eigenvalue weighted by atomic mass is 79.9. The molecule has 0 spiro atoms. The van der Waals surface area contributed by atoms with Gasteiger partial charge in [0.15, 0.2) is 0 Å². The van der Waals surface area contributed by atoms with E-state index >= 15 is 0 Å². The fourth-order valence-electron chi connectivity index (χ4n) is 1.19. The van der Waals surface area contributed by atoms with Crippen LogP contribution in [0.2, 0.25) is 0 Å². The zero-order valence-electron chi connectivity index (χ0n) is 8.00. The summed E-state index contributed by atoms with van der Waals surface area (Å²) in [7, 11) is 0. The molecule has 4 nitrogen and oxygen atoms in total. The number of aryl methyl sites for hydroxylation is 1. The van der Waals surface area contributed by atoms with Crippen LogP contribution >= 0.6 is 15.9 Å². The van der Waals surface area contributed by atoms with Gasteiger partial charge >= 0.3 is 0 Å². The summed E-state index contributed by atoms with van der Waals surface area (Å²) in [4.78, 5) is 10.2. The van der Waals surface area contributed by atoms with Gasteiger partial charge in [0.05, 0.1) is 4.92 Å². The number of benzene rings is 1. The van der Waals surface area contributed by atoms with Gasteiger partial charge in [-0.1, -0.05) is 0 Å². The topological polar surface area (TPSA) is 55.2 Å². The minimum atomic E-state index is -0.379. The van der Waals surface area contributed by atoms with Gasteiger partial charge in [-0.05, 0) is 35.8 Å². The molecule has 0 fully saturated rings. The highest BCUT2D eigenvalue weighted by molar-refractivity contribution is 9.10. The summed E-state index contributed by atoms with van der Waals surface area (Å²) in [5.74, 6) is 0. The van der Waals surface area contributed by atoms with E-state index in [4.69, 9.17) is 0 Å². The minimum absolute atomic E-state index is 0.138. The molecule has 1 rings (SSSR count). The third kappa shape index (κ3) is 2.23. The lowest BCUT2D eigenvalue weighted by Crippen LogP contribution is -1.99. The number of hydrogen-bond donors (Lipinski definition) is 1. The summed E-state index contributed by atoms with van der Waals surface area (Å²) < 4.78 is 0.719. The van der Waals surface area contributed by atoms with E-state index in [0.717, 1.165) is 16.7 Å². The van der Waals surface area contributed by atoms with Crippen LogP contribution in [0.1, 0.15) is 12.5 Å². The maximum Gasteiger partial charge on any atom is 0.273 e. The zero-order valence-corrected chi connectivity index (χ0v) is 9.59. The van der Waals surface area contributed by atoms with Crippen molar-refractivity contribution in [3.63, 3.8) is 0 Å². The van der Waals surface area contributed by atoms with Crippen LogP contribution in [-0.4, -0.2) is 11.5 Å². The van der Waals surface area contributed by atoms with Crippen molar-refractivity contribution < 1.29 is 4.92 Å². The molecule has 0 unspecified atom stereocenters. The zero-order chi connectivity index (χ0) is 10.7. The van der Waals surface area contributed by atoms with Crippen LogP contribution in [0.25, 0.3) is 0 Å². The van der Waals surface area contributed by atoms with Crippen molar-refractivity contribution in [2.45, 2.75) is 13.8 Å². The van der Waals surface area contributed by atoms with Gasteiger partial charge in [-0.25, -0.2) is 0 Å². The van der Waals surface area contributed by atoms with E-state index in [1.807, 2.05) is 6.92 Å². The molecule has 1 N–H and O–H groups in total. The second-order valence-corrected chi connectivity index (χ2v) is 3.76. The van der Waals surface area contributed by atoms with Gasteiger partial charge in [0.1, 0.15) is 0 Å². The summed E-state index contributed by atoms with van der Waals surface area (Å²) in [5, 5.41) is 13.7. The molecular weight excluding hydrogens is 248 g/mol. The van der Waals surface area contributed by atoms with Crippen LogP contribution in [0.3, 0.4) is 0 Å². The lowest BCUT2D eigenvalue weighted by molar-refractivity contribution is -0.385. The second-order valence-electron chi connectivity index (χ2n) is 2.91. The van der Waals surface area contributed by atoms with Gasteiger partial charge in [-0.2, -0.15) is 0 Å². The summed E-state index contributed by atoms with van der Waals surface area (Å²) in [6.45, 7) is 4.49. The Bertz CT molecular complexity index is 366. The van der Waals surface area contributed by atoms with Crippen LogP contribution in [0.15, 0.2) is 16.6 Å². The van der Waals surface area contributed by atoms with Crippen LogP contribution < -0.4 is 5.32 Å². The number of nitrogens with zero attached hydrogens (tertiary/aromatic N) is 1. The first-order chi connectivity index (χ1) is 6.56. The summed E-state index contributed by atoms with van der Waals surface area (Å²) in [6.07, 6.45) is 0. The Morgan fingerprint density at radius 2 is 2.21 bits per heavy atom. The van der Waals surface area contributed by atoms with Gasteiger partial charge in [-0.15, -0.1) is 0 Å². The number of halogens is 1. The first-order valence-electron chi connectivity index (χ1n) is 4.24. The largest absolute Gasteiger partial charge is 0.384 e. The van der Waals surface area contributed by atoms with Gasteiger partial charge in [-0.3, -0.25) is 10.1 Å². The van der Waals surface area contributed by atoms with Crippen LogP contribution in [0.5, 0.6) is 0 Å². The van der Waals surface area contributed by atoms with E-state index < -0.39 is 0 Å². The van der Waals surface area contributed by atoms with Crippen LogP contribution in [-0.2, 0) is 0 Å². The summed E-state index contributed by atoms with van der Waals surface area (Å²) in [6, 6.07) is 3.29. The third-order valence-corrected chi connectivity index (χ3v) is 2.51. The highest BCUT2D eigenvalue weighted by Gasteiger charge is 2.13. The minimum Gasteiger partial charge on any atom is -0.384 e. The lowest BCUT2D eigenvalue weighted by atomic mass is 10.2. The second kappa shape index (κ2) is 4.41. The van der Waals surface area contributed by atoms with Crippen LogP contribution in [0.4, 0.5) is 11.4 Å². The molecule has 5 heteroatoms. The molecule has 76 valence electrons. The number of nitrogens with one attached hydrogen (secondary N) is 1. The van der Waals surface area contributed by atoms with Crippen LogP contribution in [0, 0.1) is 17.0 Å². The van der Waals surface area contributed by atoms with Gasteiger partial charge in [0, 0.05) is 28.3 Å². The molecule has 1 aromatic carbocycles. The predicted octanol–water partition coefficient (Wildman–Crippen LogP) is 3.10. The Morgan fingerprint density at radius 3 is 2.71 bits per heavy atom. The Kier molecular flexibility index (Phi) is 3.46. The molecule has 14 heavy (non-hydrogen) atoms. The standard InChI is InChI=1S/C9H11BrN2O2/c1-3-11-8-4-6(2)9(12(13)14)5-7(8)10/h4-5,11H,3H2,1-2H3. The fraction of sp³-hybridized carbons (Fsp3) is 0.333. The maximum absolute atomic E-state index is 10.6. The number of nitro groups is 1. The summed E-state index contributed by atoms with van der Waals surface area (Å²) in [5.41, 5.74) is 1.68.